The van der Waals surface area contributed by atoms with Crippen molar-refractivity contribution < 1.29 is 9.47 Å². The molecule has 5 heteroatoms. The number of rotatable bonds is 2. The van der Waals surface area contributed by atoms with Crippen LogP contribution in [0.3, 0.4) is 0 Å². The topological polar surface area (TPSA) is 34.2 Å². The molecule has 0 radical (unpaired) electrons. The predicted molar refractivity (Wildman–Crippen MR) is 95.1 cm³/mol. The van der Waals surface area contributed by atoms with Crippen molar-refractivity contribution in [2.45, 2.75) is 0 Å². The highest BCUT2D eigenvalue weighted by atomic mass is 32.1. The summed E-state index contributed by atoms with van der Waals surface area (Å²) in [6.45, 7) is 0. The number of nitrogens with one attached hydrogen (secondary N) is 1. The summed E-state index contributed by atoms with van der Waals surface area (Å²) >= 11 is 7.25. The van der Waals surface area contributed by atoms with Crippen molar-refractivity contribution in [2.24, 2.45) is 0 Å². The van der Waals surface area contributed by atoms with Crippen molar-refractivity contribution in [1.82, 2.24) is 4.98 Å². The van der Waals surface area contributed by atoms with Gasteiger partial charge in [-0.05, 0) is 24.3 Å². The first-order valence-corrected chi connectivity index (χ1v) is 8.04. The summed E-state index contributed by atoms with van der Waals surface area (Å²) < 4.78 is 13.8. The van der Waals surface area contributed by atoms with Crippen LogP contribution in [0.4, 0.5) is 0 Å². The number of H-pyrrole nitrogens is 1. The molecule has 4 rings (SSSR count). The number of aromatic amines is 1. The summed E-state index contributed by atoms with van der Waals surface area (Å²) in [5.41, 5.74) is 0.943. The SMILES string of the molecule is COc1ccc2c(c1)sc1c(=S)[nH]c3c(OC)cccc3c12. The number of thiophene rings is 1. The van der Waals surface area contributed by atoms with Gasteiger partial charge in [-0.1, -0.05) is 24.4 Å². The molecule has 2 aromatic heterocycles. The number of methoxy groups -OCH3 is 2. The summed E-state index contributed by atoms with van der Waals surface area (Å²) in [7, 11) is 3.35. The first kappa shape index (κ1) is 13.5. The normalized spacial score (nSPS) is 11.4. The minimum absolute atomic E-state index is 0.743. The maximum absolute atomic E-state index is 5.56. The standard InChI is InChI=1S/C17H13NO2S2/c1-19-9-6-7-10-13(8-9)22-16-14(10)11-4-3-5-12(20-2)15(11)18-17(16)21/h3-8H,1-2H3,(H,18,21). The third-order valence-corrected chi connectivity index (χ3v) is 5.46. The van der Waals surface area contributed by atoms with Gasteiger partial charge in [0, 0.05) is 20.9 Å². The van der Waals surface area contributed by atoms with E-state index in [4.69, 9.17) is 21.7 Å². The zero-order valence-electron chi connectivity index (χ0n) is 12.1. The Kier molecular flexibility index (Phi) is 3.06. The van der Waals surface area contributed by atoms with E-state index in [0.717, 1.165) is 31.7 Å². The molecule has 0 fully saturated rings. The number of hydrogen-bond acceptors (Lipinski definition) is 4. The quantitative estimate of drug-likeness (QED) is 0.508. The monoisotopic (exact) mass is 327 g/mol. The van der Waals surface area contributed by atoms with E-state index in [0.29, 0.717) is 0 Å². The van der Waals surface area contributed by atoms with Crippen molar-refractivity contribution in [1.29, 1.82) is 0 Å². The van der Waals surface area contributed by atoms with Gasteiger partial charge in [0.15, 0.2) is 0 Å². The maximum Gasteiger partial charge on any atom is 0.142 e. The van der Waals surface area contributed by atoms with E-state index in [9.17, 15) is 0 Å². The van der Waals surface area contributed by atoms with Gasteiger partial charge in [0.1, 0.15) is 16.1 Å². The van der Waals surface area contributed by atoms with E-state index in [1.54, 1.807) is 25.6 Å². The van der Waals surface area contributed by atoms with Crippen LogP contribution in [0.15, 0.2) is 36.4 Å². The van der Waals surface area contributed by atoms with Crippen LogP contribution in [0.1, 0.15) is 0 Å². The van der Waals surface area contributed by atoms with E-state index in [2.05, 4.69) is 23.2 Å². The predicted octanol–water partition coefficient (Wildman–Crippen LogP) is 5.28. The summed E-state index contributed by atoms with van der Waals surface area (Å²) in [6, 6.07) is 12.2. The van der Waals surface area contributed by atoms with Crippen LogP contribution in [-0.4, -0.2) is 19.2 Å². The highest BCUT2D eigenvalue weighted by Crippen LogP contribution is 2.41. The third-order valence-electron chi connectivity index (χ3n) is 3.86. The molecule has 0 aliphatic heterocycles. The highest BCUT2D eigenvalue weighted by Gasteiger charge is 2.13. The van der Waals surface area contributed by atoms with Crippen LogP contribution in [0.2, 0.25) is 0 Å². The Bertz CT molecular complexity index is 1080. The van der Waals surface area contributed by atoms with Crippen LogP contribution in [0.5, 0.6) is 11.5 Å². The molecule has 1 N–H and O–H groups in total. The number of pyridine rings is 1. The van der Waals surface area contributed by atoms with Crippen molar-refractivity contribution in [2.75, 3.05) is 14.2 Å². The van der Waals surface area contributed by atoms with Gasteiger partial charge in [-0.3, -0.25) is 0 Å². The summed E-state index contributed by atoms with van der Waals surface area (Å²) in [5.74, 6) is 1.66. The molecule has 0 aliphatic carbocycles. The van der Waals surface area contributed by atoms with Crippen molar-refractivity contribution in [3.8, 4) is 11.5 Å². The van der Waals surface area contributed by atoms with Gasteiger partial charge in [0.05, 0.1) is 24.4 Å². The van der Waals surface area contributed by atoms with Gasteiger partial charge < -0.3 is 14.5 Å². The zero-order chi connectivity index (χ0) is 15.3. The van der Waals surface area contributed by atoms with Crippen LogP contribution >= 0.6 is 23.6 Å². The van der Waals surface area contributed by atoms with Crippen LogP contribution in [0.25, 0.3) is 31.1 Å². The van der Waals surface area contributed by atoms with E-state index in [-0.39, 0.29) is 0 Å². The number of benzene rings is 2. The third kappa shape index (κ3) is 1.82. The van der Waals surface area contributed by atoms with Crippen LogP contribution in [0, 0.1) is 4.64 Å². The molecular weight excluding hydrogens is 314 g/mol. The second-order valence-corrected chi connectivity index (χ2v) is 6.47. The molecular formula is C17H13NO2S2. The molecule has 0 saturated carbocycles. The largest absolute Gasteiger partial charge is 0.497 e. The van der Waals surface area contributed by atoms with Gasteiger partial charge in [-0.2, -0.15) is 0 Å². The van der Waals surface area contributed by atoms with E-state index >= 15 is 0 Å². The number of ether oxygens (including phenoxy) is 2. The number of para-hydroxylation sites is 1. The molecule has 2 heterocycles. The second-order valence-electron chi connectivity index (χ2n) is 5.01. The molecule has 4 aromatic rings. The Balaban J connectivity index is 2.26. The first-order valence-electron chi connectivity index (χ1n) is 6.82. The number of aromatic nitrogens is 1. The van der Waals surface area contributed by atoms with Gasteiger partial charge >= 0.3 is 0 Å². The van der Waals surface area contributed by atoms with Gasteiger partial charge in [-0.25, -0.2) is 0 Å². The van der Waals surface area contributed by atoms with Crippen LogP contribution < -0.4 is 9.47 Å². The molecule has 2 aromatic carbocycles. The van der Waals surface area contributed by atoms with E-state index < -0.39 is 0 Å². The molecule has 0 unspecified atom stereocenters. The van der Waals surface area contributed by atoms with Crippen molar-refractivity contribution in [3.05, 3.63) is 41.0 Å². The molecule has 22 heavy (non-hydrogen) atoms. The maximum atomic E-state index is 5.56. The first-order chi connectivity index (χ1) is 10.7. The summed E-state index contributed by atoms with van der Waals surface area (Å²) in [4.78, 5) is 3.31. The zero-order valence-corrected chi connectivity index (χ0v) is 13.7. The summed E-state index contributed by atoms with van der Waals surface area (Å²) in [6.07, 6.45) is 0. The van der Waals surface area contributed by atoms with E-state index in [1.807, 2.05) is 18.2 Å². The lowest BCUT2D eigenvalue weighted by atomic mass is 10.1. The lowest BCUT2D eigenvalue weighted by Gasteiger charge is -2.07. The molecule has 0 aliphatic rings. The Morgan fingerprint density at radius 1 is 1.05 bits per heavy atom. The molecule has 0 amide bonds. The lowest BCUT2D eigenvalue weighted by molar-refractivity contribution is 0.415. The van der Waals surface area contributed by atoms with Gasteiger partial charge in [-0.15, -0.1) is 11.3 Å². The highest BCUT2D eigenvalue weighted by molar-refractivity contribution is 7.71. The average Bonchev–Trinajstić information content (AvgIpc) is 2.94. The Morgan fingerprint density at radius 3 is 2.68 bits per heavy atom. The number of hydrogen-bond donors (Lipinski definition) is 1. The van der Waals surface area contributed by atoms with Crippen molar-refractivity contribution >= 4 is 54.6 Å². The molecule has 110 valence electrons. The van der Waals surface area contributed by atoms with Crippen molar-refractivity contribution in [3.63, 3.8) is 0 Å². The Hall–Kier alpha value is -2.11. The lowest BCUT2D eigenvalue weighted by Crippen LogP contribution is -1.88. The van der Waals surface area contributed by atoms with Gasteiger partial charge in [0.2, 0.25) is 0 Å². The van der Waals surface area contributed by atoms with E-state index in [1.165, 1.54) is 15.5 Å². The molecule has 0 atom stereocenters. The fraction of sp³-hybridized carbons (Fsp3) is 0.118. The smallest absolute Gasteiger partial charge is 0.142 e. The second kappa shape index (κ2) is 4.97. The Morgan fingerprint density at radius 2 is 1.91 bits per heavy atom. The molecule has 0 saturated heterocycles. The molecule has 3 nitrogen and oxygen atoms in total. The summed E-state index contributed by atoms with van der Waals surface area (Å²) in [5, 5.41) is 3.50. The van der Waals surface area contributed by atoms with Crippen LogP contribution in [-0.2, 0) is 0 Å². The minimum atomic E-state index is 0.743. The Labute approximate surface area is 136 Å². The fourth-order valence-corrected chi connectivity index (χ4v) is 4.31. The molecule has 0 bridgehead atoms. The number of fused-ring (bicyclic) bond motifs is 5. The molecule has 0 spiro atoms. The average molecular weight is 327 g/mol. The minimum Gasteiger partial charge on any atom is -0.497 e. The fourth-order valence-electron chi connectivity index (χ4n) is 2.84. The van der Waals surface area contributed by atoms with Gasteiger partial charge in [0.25, 0.3) is 0 Å².